The zero-order valence-electron chi connectivity index (χ0n) is 14.5. The summed E-state index contributed by atoms with van der Waals surface area (Å²) in [5.41, 5.74) is 4.33. The zero-order chi connectivity index (χ0) is 16.6. The molecular formula is C20H28O2. The second-order valence-corrected chi connectivity index (χ2v) is 6.45. The van der Waals surface area contributed by atoms with Gasteiger partial charge in [-0.2, -0.15) is 0 Å². The van der Waals surface area contributed by atoms with Crippen LogP contribution in [0.15, 0.2) is 58.9 Å². The van der Waals surface area contributed by atoms with Crippen molar-refractivity contribution in [2.24, 2.45) is 5.41 Å². The monoisotopic (exact) mass is 300 g/mol. The van der Waals surface area contributed by atoms with Crippen molar-refractivity contribution in [3.05, 3.63) is 58.9 Å². The summed E-state index contributed by atoms with van der Waals surface area (Å²) in [5.74, 6) is 0.730. The van der Waals surface area contributed by atoms with Crippen LogP contribution in [-0.2, 0) is 9.53 Å². The molecule has 0 N–H and O–H groups in total. The lowest BCUT2D eigenvalue weighted by molar-refractivity contribution is -0.104. The Kier molecular flexibility index (Phi) is 7.10. The maximum Gasteiger partial charge on any atom is 0.142 e. The van der Waals surface area contributed by atoms with E-state index in [2.05, 4.69) is 39.8 Å². The van der Waals surface area contributed by atoms with Crippen molar-refractivity contribution < 1.29 is 9.53 Å². The quantitative estimate of drug-likeness (QED) is 0.288. The molecule has 0 radical (unpaired) electrons. The summed E-state index contributed by atoms with van der Waals surface area (Å²) in [6.45, 7) is 8.93. The molecule has 0 saturated carbocycles. The lowest BCUT2D eigenvalue weighted by Crippen LogP contribution is -2.19. The van der Waals surface area contributed by atoms with Crippen molar-refractivity contribution in [1.82, 2.24) is 0 Å². The molecular weight excluding hydrogens is 272 g/mol. The van der Waals surface area contributed by atoms with E-state index in [-0.39, 0.29) is 5.41 Å². The van der Waals surface area contributed by atoms with Gasteiger partial charge >= 0.3 is 0 Å². The lowest BCUT2D eigenvalue weighted by atomic mass is 9.72. The Morgan fingerprint density at radius 1 is 1.27 bits per heavy atom. The first-order chi connectivity index (χ1) is 10.4. The third-order valence-electron chi connectivity index (χ3n) is 4.11. The number of ether oxygens (including phenoxy) is 1. The number of hydrogen-bond acceptors (Lipinski definition) is 2. The minimum atomic E-state index is 0.256. The van der Waals surface area contributed by atoms with Gasteiger partial charge in [-0.1, -0.05) is 37.6 Å². The average Bonchev–Trinajstić information content (AvgIpc) is 2.45. The maximum absolute atomic E-state index is 10.3. The number of hydrogen-bond donors (Lipinski definition) is 0. The third-order valence-corrected chi connectivity index (χ3v) is 4.11. The molecule has 0 heterocycles. The normalized spacial score (nSPS) is 20.0. The van der Waals surface area contributed by atoms with Crippen LogP contribution in [0.1, 0.15) is 47.0 Å². The molecule has 22 heavy (non-hydrogen) atoms. The predicted octanol–water partition coefficient (Wildman–Crippen LogP) is 5.30. The molecule has 0 unspecified atom stereocenters. The van der Waals surface area contributed by atoms with Crippen molar-refractivity contribution in [2.75, 3.05) is 7.11 Å². The summed E-state index contributed by atoms with van der Waals surface area (Å²) >= 11 is 0. The first-order valence-electron chi connectivity index (χ1n) is 7.83. The van der Waals surface area contributed by atoms with E-state index < -0.39 is 0 Å². The van der Waals surface area contributed by atoms with Crippen LogP contribution in [0.25, 0.3) is 0 Å². The number of methoxy groups -OCH3 is 1. The van der Waals surface area contributed by atoms with Crippen LogP contribution in [0, 0.1) is 5.41 Å². The van der Waals surface area contributed by atoms with Gasteiger partial charge < -0.3 is 4.74 Å². The van der Waals surface area contributed by atoms with E-state index in [1.165, 1.54) is 36.5 Å². The highest BCUT2D eigenvalue weighted by molar-refractivity contribution is 5.65. The topological polar surface area (TPSA) is 26.3 Å². The number of carbonyl (C=O) groups excluding carboxylic acids is 1. The molecule has 0 fully saturated rings. The molecule has 0 amide bonds. The highest BCUT2D eigenvalue weighted by Gasteiger charge is 2.26. The number of rotatable bonds is 6. The Hall–Kier alpha value is -1.83. The summed E-state index contributed by atoms with van der Waals surface area (Å²) in [4.78, 5) is 10.3. The van der Waals surface area contributed by atoms with Gasteiger partial charge in [0.25, 0.3) is 0 Å². The van der Waals surface area contributed by atoms with Crippen molar-refractivity contribution in [3.8, 4) is 0 Å². The zero-order valence-corrected chi connectivity index (χ0v) is 14.5. The Morgan fingerprint density at radius 2 is 2.00 bits per heavy atom. The van der Waals surface area contributed by atoms with Gasteiger partial charge in [-0.05, 0) is 67.9 Å². The lowest BCUT2D eigenvalue weighted by Gasteiger charge is -2.32. The summed E-state index contributed by atoms with van der Waals surface area (Å²) in [7, 11) is 1.63. The average molecular weight is 300 g/mol. The Morgan fingerprint density at radius 3 is 2.59 bits per heavy atom. The van der Waals surface area contributed by atoms with E-state index in [1.807, 2.05) is 6.08 Å². The van der Waals surface area contributed by atoms with E-state index in [1.54, 1.807) is 19.3 Å². The molecule has 0 atom stereocenters. The second kappa shape index (κ2) is 8.57. The molecule has 2 heteroatoms. The van der Waals surface area contributed by atoms with E-state index in [0.717, 1.165) is 17.6 Å². The van der Waals surface area contributed by atoms with E-state index in [4.69, 9.17) is 4.74 Å². The van der Waals surface area contributed by atoms with Crippen molar-refractivity contribution in [2.45, 2.75) is 47.0 Å². The fourth-order valence-electron chi connectivity index (χ4n) is 2.87. The van der Waals surface area contributed by atoms with Gasteiger partial charge in [0.05, 0.1) is 7.11 Å². The number of carbonyl (C=O) groups is 1. The van der Waals surface area contributed by atoms with Crippen LogP contribution < -0.4 is 0 Å². The first-order valence-corrected chi connectivity index (χ1v) is 7.83. The highest BCUT2D eigenvalue weighted by atomic mass is 16.5. The van der Waals surface area contributed by atoms with E-state index in [0.29, 0.717) is 0 Å². The third kappa shape index (κ3) is 5.51. The van der Waals surface area contributed by atoms with Gasteiger partial charge in [0.15, 0.2) is 0 Å². The highest BCUT2D eigenvalue weighted by Crippen LogP contribution is 2.40. The molecule has 0 aromatic carbocycles. The minimum Gasteiger partial charge on any atom is -0.497 e. The Labute approximate surface area is 134 Å². The molecule has 2 nitrogen and oxygen atoms in total. The molecule has 0 spiro atoms. The van der Waals surface area contributed by atoms with Crippen LogP contribution in [0.5, 0.6) is 0 Å². The summed E-state index contributed by atoms with van der Waals surface area (Å²) in [6, 6.07) is 0. The van der Waals surface area contributed by atoms with Crippen LogP contribution in [0.2, 0.25) is 0 Å². The van der Waals surface area contributed by atoms with Crippen molar-refractivity contribution in [1.29, 1.82) is 0 Å². The van der Waals surface area contributed by atoms with Gasteiger partial charge in [0, 0.05) is 0 Å². The van der Waals surface area contributed by atoms with Gasteiger partial charge in [-0.25, -0.2) is 0 Å². The summed E-state index contributed by atoms with van der Waals surface area (Å²) in [5, 5.41) is 0. The fraction of sp³-hybridized carbons (Fsp3) is 0.450. The summed E-state index contributed by atoms with van der Waals surface area (Å²) < 4.78 is 5.29. The molecule has 1 aliphatic rings. The number of allylic oxidation sites excluding steroid dienone is 9. The summed E-state index contributed by atoms with van der Waals surface area (Å²) in [6.07, 6.45) is 15.7. The molecule has 1 aliphatic carbocycles. The van der Waals surface area contributed by atoms with Crippen LogP contribution in [-0.4, -0.2) is 13.4 Å². The minimum absolute atomic E-state index is 0.256. The van der Waals surface area contributed by atoms with Gasteiger partial charge in [0.1, 0.15) is 12.0 Å². The van der Waals surface area contributed by atoms with Crippen LogP contribution in [0.3, 0.4) is 0 Å². The predicted molar refractivity (Wildman–Crippen MR) is 93.5 cm³/mol. The first kappa shape index (κ1) is 18.2. The molecule has 0 bridgehead atoms. The standard InChI is InChI=1S/C20H28O2/c1-16(15-18(22-5)10-6-7-14-21)11-12-19-17(2)9-8-13-20(19,3)4/h6-7,10-12,14-15H,8-9,13H2,1-5H3/b7-6+,12-11+,16-15+,18-10+. The SMILES string of the molecule is COC(/C=C(C)/C=C/C1=C(C)CCCC1(C)C)=C/C=C/C=O. The van der Waals surface area contributed by atoms with Crippen LogP contribution >= 0.6 is 0 Å². The maximum atomic E-state index is 10.3. The molecule has 0 aliphatic heterocycles. The largest absolute Gasteiger partial charge is 0.497 e. The molecule has 0 aromatic heterocycles. The molecule has 120 valence electrons. The van der Waals surface area contributed by atoms with Gasteiger partial charge in [-0.15, -0.1) is 0 Å². The van der Waals surface area contributed by atoms with Crippen molar-refractivity contribution in [3.63, 3.8) is 0 Å². The van der Waals surface area contributed by atoms with Crippen LogP contribution in [0.4, 0.5) is 0 Å². The van der Waals surface area contributed by atoms with Gasteiger partial charge in [-0.3, -0.25) is 4.79 Å². The smallest absolute Gasteiger partial charge is 0.142 e. The van der Waals surface area contributed by atoms with Gasteiger partial charge in [0.2, 0.25) is 0 Å². The molecule has 0 saturated heterocycles. The number of aldehydes is 1. The molecule has 1 rings (SSSR count). The van der Waals surface area contributed by atoms with E-state index in [9.17, 15) is 4.79 Å². The Bertz CT molecular complexity index is 540. The second-order valence-electron chi connectivity index (χ2n) is 6.45. The fourth-order valence-corrected chi connectivity index (χ4v) is 2.87. The Balaban J connectivity index is 2.92. The molecule has 0 aromatic rings. The van der Waals surface area contributed by atoms with Crippen molar-refractivity contribution >= 4 is 6.29 Å². The van der Waals surface area contributed by atoms with E-state index >= 15 is 0 Å².